The van der Waals surface area contributed by atoms with Crippen molar-refractivity contribution in [3.05, 3.63) is 53.1 Å². The Hall–Kier alpha value is -2.24. The zero-order valence-electron chi connectivity index (χ0n) is 14.0. The minimum Gasteiger partial charge on any atom is -0.508 e. The van der Waals surface area contributed by atoms with Crippen LogP contribution in [0.5, 0.6) is 17.2 Å². The van der Waals surface area contributed by atoms with E-state index in [-0.39, 0.29) is 23.6 Å². The fourth-order valence-corrected chi connectivity index (χ4v) is 3.03. The van der Waals surface area contributed by atoms with Gasteiger partial charge in [-0.1, -0.05) is 25.5 Å². The van der Waals surface area contributed by atoms with Crippen molar-refractivity contribution in [3.8, 4) is 17.2 Å². The lowest BCUT2D eigenvalue weighted by Gasteiger charge is -2.22. The van der Waals surface area contributed by atoms with Crippen LogP contribution in [-0.4, -0.2) is 22.9 Å². The second kappa shape index (κ2) is 7.11. The summed E-state index contributed by atoms with van der Waals surface area (Å²) in [5, 5.41) is 20.0. The first-order valence-corrected chi connectivity index (χ1v) is 8.35. The molecule has 2 atom stereocenters. The van der Waals surface area contributed by atoms with E-state index in [1.807, 2.05) is 12.1 Å². The Morgan fingerprint density at radius 1 is 1.12 bits per heavy atom. The molecule has 1 aliphatic rings. The third-order valence-corrected chi connectivity index (χ3v) is 4.45. The van der Waals surface area contributed by atoms with Crippen molar-refractivity contribution < 1.29 is 14.9 Å². The number of benzene rings is 2. The van der Waals surface area contributed by atoms with E-state index in [2.05, 4.69) is 29.9 Å². The maximum Gasteiger partial charge on any atom is 0.133 e. The van der Waals surface area contributed by atoms with Gasteiger partial charge in [0.15, 0.2) is 0 Å². The summed E-state index contributed by atoms with van der Waals surface area (Å²) in [6.07, 6.45) is 2.03. The van der Waals surface area contributed by atoms with Gasteiger partial charge in [-0.2, -0.15) is 0 Å². The molecular weight excluding hydrogens is 304 g/mol. The maximum absolute atomic E-state index is 10.3. The predicted octanol–water partition coefficient (Wildman–Crippen LogP) is 2.96. The van der Waals surface area contributed by atoms with Gasteiger partial charge in [0.25, 0.3) is 0 Å². The van der Waals surface area contributed by atoms with Crippen LogP contribution in [0.2, 0.25) is 0 Å². The lowest BCUT2D eigenvalue weighted by molar-refractivity contribution is 0.195. The number of hydrazine groups is 1. The number of rotatable bonds is 5. The van der Waals surface area contributed by atoms with Crippen LogP contribution in [0.15, 0.2) is 36.4 Å². The van der Waals surface area contributed by atoms with Crippen LogP contribution < -0.4 is 15.6 Å². The molecular formula is C19H24N2O3. The second-order valence-corrected chi connectivity index (χ2v) is 6.20. The fourth-order valence-electron chi connectivity index (χ4n) is 3.03. The predicted molar refractivity (Wildman–Crippen MR) is 93.2 cm³/mol. The van der Waals surface area contributed by atoms with Crippen molar-refractivity contribution in [1.82, 2.24) is 10.9 Å². The van der Waals surface area contributed by atoms with Gasteiger partial charge >= 0.3 is 0 Å². The Morgan fingerprint density at radius 2 is 1.88 bits per heavy atom. The van der Waals surface area contributed by atoms with E-state index in [0.29, 0.717) is 17.7 Å². The zero-order chi connectivity index (χ0) is 17.1. The topological polar surface area (TPSA) is 73.8 Å². The van der Waals surface area contributed by atoms with Crippen molar-refractivity contribution in [3.63, 3.8) is 0 Å². The molecule has 128 valence electrons. The molecule has 5 nitrogen and oxygen atoms in total. The Labute approximate surface area is 142 Å². The number of aryl methyl sites for hydroxylation is 1. The summed E-state index contributed by atoms with van der Waals surface area (Å²) in [5.41, 5.74) is 8.72. The molecule has 0 aliphatic carbocycles. The van der Waals surface area contributed by atoms with Crippen molar-refractivity contribution in [1.29, 1.82) is 0 Å². The second-order valence-electron chi connectivity index (χ2n) is 6.20. The molecule has 2 aromatic carbocycles. The Bertz CT molecular complexity index is 701. The van der Waals surface area contributed by atoms with Gasteiger partial charge in [0.1, 0.15) is 23.4 Å². The molecule has 24 heavy (non-hydrogen) atoms. The van der Waals surface area contributed by atoms with Crippen LogP contribution in [0.25, 0.3) is 0 Å². The third-order valence-electron chi connectivity index (χ3n) is 4.45. The van der Waals surface area contributed by atoms with Crippen LogP contribution >= 0.6 is 0 Å². The largest absolute Gasteiger partial charge is 0.508 e. The van der Waals surface area contributed by atoms with E-state index in [9.17, 15) is 10.2 Å². The van der Waals surface area contributed by atoms with Gasteiger partial charge < -0.3 is 14.9 Å². The molecule has 0 spiro atoms. The molecule has 4 N–H and O–H groups in total. The number of hydrogen-bond donors (Lipinski definition) is 4. The van der Waals surface area contributed by atoms with Crippen molar-refractivity contribution in [2.75, 3.05) is 6.54 Å². The van der Waals surface area contributed by atoms with Crippen LogP contribution in [0, 0.1) is 6.92 Å². The summed E-state index contributed by atoms with van der Waals surface area (Å²) in [6.45, 7) is 4.48. The van der Waals surface area contributed by atoms with Crippen molar-refractivity contribution in [2.45, 2.75) is 38.8 Å². The smallest absolute Gasteiger partial charge is 0.133 e. The quantitative estimate of drug-likeness (QED) is 0.679. The van der Waals surface area contributed by atoms with Gasteiger partial charge in [-0.25, -0.2) is 5.43 Å². The zero-order valence-corrected chi connectivity index (χ0v) is 14.0. The van der Waals surface area contributed by atoms with E-state index in [1.54, 1.807) is 19.1 Å². The number of nitrogens with one attached hydrogen (secondary N) is 2. The monoisotopic (exact) mass is 328 g/mol. The minimum absolute atomic E-state index is 0.0891. The third kappa shape index (κ3) is 3.32. The van der Waals surface area contributed by atoms with Gasteiger partial charge in [0, 0.05) is 17.7 Å². The van der Waals surface area contributed by atoms with Crippen LogP contribution in [0.4, 0.5) is 0 Å². The first-order valence-electron chi connectivity index (χ1n) is 8.35. The molecule has 1 aliphatic heterocycles. The number of phenolic OH excluding ortho intramolecular Hbond substituents is 2. The average Bonchev–Trinajstić information content (AvgIpc) is 3.03. The molecule has 0 aromatic heterocycles. The highest BCUT2D eigenvalue weighted by Crippen LogP contribution is 2.36. The summed E-state index contributed by atoms with van der Waals surface area (Å²) in [6, 6.07) is 11.3. The summed E-state index contributed by atoms with van der Waals surface area (Å²) in [4.78, 5) is 0. The van der Waals surface area contributed by atoms with Gasteiger partial charge in [0.2, 0.25) is 0 Å². The van der Waals surface area contributed by atoms with Crippen LogP contribution in [0.1, 0.15) is 36.1 Å². The first kappa shape index (κ1) is 16.6. The standard InChI is InChI=1S/C19H24N2O3/c1-3-4-13-5-7-14(8-6-13)24-17-11-20-21-18(17)15-9-10-16(22)12(2)19(15)23/h5-10,17-18,20-23H,3-4,11H2,1-2H3. The van der Waals surface area contributed by atoms with Gasteiger partial charge in [-0.15, -0.1) is 0 Å². The first-order chi connectivity index (χ1) is 11.6. The summed E-state index contributed by atoms with van der Waals surface area (Å²) >= 11 is 0. The number of ether oxygens (including phenoxy) is 1. The van der Waals surface area contributed by atoms with Crippen LogP contribution in [-0.2, 0) is 6.42 Å². The van der Waals surface area contributed by atoms with E-state index in [1.165, 1.54) is 5.56 Å². The highest BCUT2D eigenvalue weighted by Gasteiger charge is 2.32. The van der Waals surface area contributed by atoms with Crippen LogP contribution in [0.3, 0.4) is 0 Å². The molecule has 1 fully saturated rings. The molecule has 2 unspecified atom stereocenters. The molecule has 0 radical (unpaired) electrons. The van der Waals surface area contributed by atoms with E-state index < -0.39 is 0 Å². The van der Waals surface area contributed by atoms with E-state index in [0.717, 1.165) is 18.6 Å². The molecule has 2 aromatic rings. The maximum atomic E-state index is 10.3. The molecule has 1 heterocycles. The SMILES string of the molecule is CCCc1ccc(OC2CNNC2c2ccc(O)c(C)c2O)cc1. The van der Waals surface area contributed by atoms with Crippen molar-refractivity contribution in [2.24, 2.45) is 0 Å². The molecule has 0 bridgehead atoms. The summed E-state index contributed by atoms with van der Waals surface area (Å²) in [5.74, 6) is 1.000. The number of phenols is 2. The lowest BCUT2D eigenvalue weighted by atomic mass is 9.99. The highest BCUT2D eigenvalue weighted by atomic mass is 16.5. The lowest BCUT2D eigenvalue weighted by Crippen LogP contribution is -2.28. The Balaban J connectivity index is 1.77. The van der Waals surface area contributed by atoms with Crippen molar-refractivity contribution >= 4 is 0 Å². The van der Waals surface area contributed by atoms with Gasteiger partial charge in [-0.3, -0.25) is 5.43 Å². The molecule has 0 amide bonds. The van der Waals surface area contributed by atoms with Gasteiger partial charge in [0.05, 0.1) is 6.04 Å². The minimum atomic E-state index is -0.195. The van der Waals surface area contributed by atoms with Gasteiger partial charge in [-0.05, 0) is 43.2 Å². The normalized spacial score (nSPS) is 20.2. The average molecular weight is 328 g/mol. The Morgan fingerprint density at radius 3 is 2.58 bits per heavy atom. The Kier molecular flexibility index (Phi) is 4.92. The molecule has 0 saturated carbocycles. The molecule has 3 rings (SSSR count). The molecule has 5 heteroatoms. The fraction of sp³-hybridized carbons (Fsp3) is 0.368. The number of hydrogen-bond acceptors (Lipinski definition) is 5. The summed E-state index contributed by atoms with van der Waals surface area (Å²) in [7, 11) is 0. The molecule has 1 saturated heterocycles. The van der Waals surface area contributed by atoms with E-state index >= 15 is 0 Å². The van der Waals surface area contributed by atoms with E-state index in [4.69, 9.17) is 4.74 Å². The number of aromatic hydroxyl groups is 2. The summed E-state index contributed by atoms with van der Waals surface area (Å²) < 4.78 is 6.10. The highest BCUT2D eigenvalue weighted by molar-refractivity contribution is 5.49.